The fraction of sp³-hybridized carbons (Fsp3) is 0.188. The molecule has 0 amide bonds. The van der Waals surface area contributed by atoms with Crippen molar-refractivity contribution in [2.75, 3.05) is 0 Å². The molecule has 1 aromatic heterocycles. The van der Waals surface area contributed by atoms with Crippen molar-refractivity contribution in [3.8, 4) is 5.75 Å². The number of nitrogens with zero attached hydrogens (tertiary/aromatic N) is 2. The van der Waals surface area contributed by atoms with Crippen LogP contribution in [0.25, 0.3) is 11.3 Å². The highest BCUT2D eigenvalue weighted by atomic mass is 35.5. The van der Waals surface area contributed by atoms with E-state index >= 15 is 0 Å². The van der Waals surface area contributed by atoms with Gasteiger partial charge in [-0.2, -0.15) is 0 Å². The highest BCUT2D eigenvalue weighted by molar-refractivity contribution is 6.32. The van der Waals surface area contributed by atoms with Crippen LogP contribution in [0.4, 0.5) is 0 Å². The molecule has 0 radical (unpaired) electrons. The SMILES string of the molecule is C=C(/C=C(\N=C/N)c1ccc(OC(C)C)c(Cl)c1)c1noc(=O)[nH]1. The van der Waals surface area contributed by atoms with E-state index in [4.69, 9.17) is 22.1 Å². The van der Waals surface area contributed by atoms with E-state index in [1.807, 2.05) is 13.8 Å². The van der Waals surface area contributed by atoms with Crippen LogP contribution in [0.5, 0.6) is 5.75 Å². The maximum atomic E-state index is 11.0. The van der Waals surface area contributed by atoms with Gasteiger partial charge in [-0.15, -0.1) is 0 Å². The van der Waals surface area contributed by atoms with Crippen molar-refractivity contribution >= 4 is 29.2 Å². The van der Waals surface area contributed by atoms with Gasteiger partial charge in [-0.1, -0.05) is 23.3 Å². The zero-order valence-electron chi connectivity index (χ0n) is 13.2. The predicted molar refractivity (Wildman–Crippen MR) is 94.0 cm³/mol. The van der Waals surface area contributed by atoms with Gasteiger partial charge in [-0.05, 0) is 38.1 Å². The molecule has 0 bridgehead atoms. The van der Waals surface area contributed by atoms with Crippen molar-refractivity contribution < 1.29 is 9.26 Å². The summed E-state index contributed by atoms with van der Waals surface area (Å²) in [6, 6.07) is 5.25. The lowest BCUT2D eigenvalue weighted by atomic mass is 10.1. The first kappa shape index (κ1) is 17.6. The second-order valence-corrected chi connectivity index (χ2v) is 5.50. The van der Waals surface area contributed by atoms with E-state index in [0.717, 1.165) is 6.34 Å². The fourth-order valence-corrected chi connectivity index (χ4v) is 2.11. The topological polar surface area (TPSA) is 106 Å². The molecule has 2 rings (SSSR count). The number of benzene rings is 1. The Bertz CT molecular complexity index is 849. The van der Waals surface area contributed by atoms with Crippen molar-refractivity contribution in [3.63, 3.8) is 0 Å². The van der Waals surface area contributed by atoms with Crippen molar-refractivity contribution in [1.29, 1.82) is 0 Å². The summed E-state index contributed by atoms with van der Waals surface area (Å²) in [5, 5.41) is 4.01. The molecule has 126 valence electrons. The second kappa shape index (κ2) is 7.65. The number of ether oxygens (including phenoxy) is 1. The van der Waals surface area contributed by atoms with Crippen LogP contribution in [0.15, 0.2) is 45.2 Å². The average Bonchev–Trinajstić information content (AvgIpc) is 2.95. The lowest BCUT2D eigenvalue weighted by molar-refractivity contribution is 0.242. The van der Waals surface area contributed by atoms with E-state index in [1.54, 1.807) is 24.3 Å². The number of aliphatic imine (C=N–C) groups is 1. The van der Waals surface area contributed by atoms with Crippen LogP contribution < -0.4 is 16.2 Å². The van der Waals surface area contributed by atoms with Gasteiger partial charge in [0.05, 0.1) is 23.2 Å². The third-order valence-corrected chi connectivity index (χ3v) is 3.15. The molecule has 8 heteroatoms. The number of allylic oxidation sites excluding steroid dienone is 2. The smallest absolute Gasteiger partial charge is 0.439 e. The van der Waals surface area contributed by atoms with Gasteiger partial charge in [-0.25, -0.2) is 9.79 Å². The number of H-pyrrole nitrogens is 1. The number of rotatable bonds is 6. The summed E-state index contributed by atoms with van der Waals surface area (Å²) in [6.07, 6.45) is 2.76. The van der Waals surface area contributed by atoms with Crippen LogP contribution in [0.2, 0.25) is 5.02 Å². The molecule has 0 unspecified atom stereocenters. The van der Waals surface area contributed by atoms with Gasteiger partial charge in [0.25, 0.3) is 0 Å². The van der Waals surface area contributed by atoms with Crippen molar-refractivity contribution in [1.82, 2.24) is 10.1 Å². The predicted octanol–water partition coefficient (Wildman–Crippen LogP) is 2.84. The van der Waals surface area contributed by atoms with Crippen molar-refractivity contribution in [2.24, 2.45) is 10.7 Å². The number of hydrogen-bond acceptors (Lipinski definition) is 5. The van der Waals surface area contributed by atoms with Crippen LogP contribution in [-0.4, -0.2) is 22.6 Å². The maximum Gasteiger partial charge on any atom is 0.439 e. The molecule has 2 aromatic rings. The molecule has 7 nitrogen and oxygen atoms in total. The Kier molecular flexibility index (Phi) is 5.59. The lowest BCUT2D eigenvalue weighted by Gasteiger charge is -2.12. The Morgan fingerprint density at radius 2 is 2.29 bits per heavy atom. The van der Waals surface area contributed by atoms with Gasteiger partial charge >= 0.3 is 5.76 Å². The molecule has 0 saturated heterocycles. The molecular weight excluding hydrogens is 332 g/mol. The molecule has 0 aliphatic carbocycles. The standard InChI is InChI=1S/C16H17ClN4O3/c1-9(2)23-14-5-4-11(7-12(14)17)13(19-8-18)6-10(3)15-20-16(22)24-21-15/h4-9H,3H2,1-2H3,(H2,18,19)(H,20,21,22)/b13-6-. The summed E-state index contributed by atoms with van der Waals surface area (Å²) < 4.78 is 10.1. The maximum absolute atomic E-state index is 11.0. The van der Waals surface area contributed by atoms with E-state index < -0.39 is 5.76 Å². The molecular formula is C16H17ClN4O3. The molecule has 0 aliphatic rings. The largest absolute Gasteiger partial charge is 0.489 e. The van der Waals surface area contributed by atoms with E-state index in [9.17, 15) is 4.79 Å². The number of nitrogens with one attached hydrogen (secondary N) is 1. The molecule has 3 N–H and O–H groups in total. The van der Waals surface area contributed by atoms with E-state index in [-0.39, 0.29) is 11.9 Å². The van der Waals surface area contributed by atoms with Gasteiger partial charge in [0.15, 0.2) is 5.82 Å². The summed E-state index contributed by atoms with van der Waals surface area (Å²) in [5.74, 6) is 0.114. The van der Waals surface area contributed by atoms with Crippen LogP contribution in [0.3, 0.4) is 0 Å². The van der Waals surface area contributed by atoms with E-state index in [2.05, 4.69) is 26.2 Å². The lowest BCUT2D eigenvalue weighted by Crippen LogP contribution is -2.05. The third-order valence-electron chi connectivity index (χ3n) is 2.86. The first-order chi connectivity index (χ1) is 11.4. The minimum atomic E-state index is -0.665. The summed E-state index contributed by atoms with van der Waals surface area (Å²) in [6.45, 7) is 7.65. The molecule has 0 aliphatic heterocycles. The van der Waals surface area contributed by atoms with Gasteiger partial charge in [0.2, 0.25) is 0 Å². The molecule has 24 heavy (non-hydrogen) atoms. The minimum Gasteiger partial charge on any atom is -0.489 e. The van der Waals surface area contributed by atoms with Crippen LogP contribution in [0.1, 0.15) is 25.2 Å². The monoisotopic (exact) mass is 348 g/mol. The minimum absolute atomic E-state index is 0.00851. The number of halogens is 1. The summed E-state index contributed by atoms with van der Waals surface area (Å²) in [7, 11) is 0. The second-order valence-electron chi connectivity index (χ2n) is 5.09. The molecule has 1 aromatic carbocycles. The number of nitrogens with two attached hydrogens (primary N) is 1. The number of hydrogen-bond donors (Lipinski definition) is 2. The van der Waals surface area contributed by atoms with Gasteiger partial charge in [0.1, 0.15) is 5.75 Å². The first-order valence-corrected chi connectivity index (χ1v) is 7.46. The third kappa shape index (κ3) is 4.36. The van der Waals surface area contributed by atoms with Gasteiger partial charge in [-0.3, -0.25) is 9.51 Å². The van der Waals surface area contributed by atoms with E-state index in [0.29, 0.717) is 27.6 Å². The Morgan fingerprint density at radius 1 is 1.54 bits per heavy atom. The highest BCUT2D eigenvalue weighted by Gasteiger charge is 2.10. The molecule has 0 saturated carbocycles. The molecule has 0 fully saturated rings. The highest BCUT2D eigenvalue weighted by Crippen LogP contribution is 2.30. The van der Waals surface area contributed by atoms with E-state index in [1.165, 1.54) is 0 Å². The van der Waals surface area contributed by atoms with Gasteiger partial charge in [0, 0.05) is 11.1 Å². The Hall–Kier alpha value is -2.80. The normalized spacial score (nSPS) is 12.1. The van der Waals surface area contributed by atoms with Crippen LogP contribution in [-0.2, 0) is 0 Å². The Morgan fingerprint density at radius 3 is 2.83 bits per heavy atom. The van der Waals surface area contributed by atoms with Crippen molar-refractivity contribution in [2.45, 2.75) is 20.0 Å². The average molecular weight is 349 g/mol. The zero-order valence-corrected chi connectivity index (χ0v) is 14.0. The molecule has 1 heterocycles. The summed E-state index contributed by atoms with van der Waals surface area (Å²) >= 11 is 6.24. The zero-order chi connectivity index (χ0) is 17.7. The van der Waals surface area contributed by atoms with Crippen LogP contribution in [0, 0.1) is 0 Å². The molecule has 0 spiro atoms. The number of aromatic nitrogens is 2. The summed E-state index contributed by atoms with van der Waals surface area (Å²) in [4.78, 5) is 17.5. The van der Waals surface area contributed by atoms with Crippen LogP contribution >= 0.6 is 11.6 Å². The first-order valence-electron chi connectivity index (χ1n) is 7.08. The quantitative estimate of drug-likeness (QED) is 0.474. The Labute approximate surface area is 143 Å². The Balaban J connectivity index is 2.37. The van der Waals surface area contributed by atoms with Crippen molar-refractivity contribution in [3.05, 3.63) is 57.8 Å². The molecule has 0 atom stereocenters. The van der Waals surface area contributed by atoms with Gasteiger partial charge < -0.3 is 10.5 Å². The fourth-order valence-electron chi connectivity index (χ4n) is 1.89. The number of aromatic amines is 1. The summed E-state index contributed by atoms with van der Waals surface area (Å²) in [5.41, 5.74) is 7.00.